The number of aliphatic hydroxyl groups is 1. The molecule has 140 valence electrons. The first kappa shape index (κ1) is 21.0. The third-order valence-electron chi connectivity index (χ3n) is 3.23. The SMILES string of the molecule is CCC(=O)Oc1cccc(OC)c1.COc1ccc(C(O)C(=O)O)cc1. The highest BCUT2D eigenvalue weighted by molar-refractivity contribution is 5.74. The van der Waals surface area contributed by atoms with Gasteiger partial charge < -0.3 is 24.4 Å². The second-order valence-corrected chi connectivity index (χ2v) is 5.02. The molecule has 2 N–H and O–H groups in total. The number of rotatable bonds is 6. The summed E-state index contributed by atoms with van der Waals surface area (Å²) < 4.78 is 14.8. The number of aliphatic hydroxyl groups excluding tert-OH is 1. The second-order valence-electron chi connectivity index (χ2n) is 5.02. The Morgan fingerprint density at radius 3 is 2.04 bits per heavy atom. The first-order valence-corrected chi connectivity index (χ1v) is 7.80. The summed E-state index contributed by atoms with van der Waals surface area (Å²) in [6.45, 7) is 1.75. The van der Waals surface area contributed by atoms with Gasteiger partial charge in [0.2, 0.25) is 0 Å². The largest absolute Gasteiger partial charge is 0.497 e. The van der Waals surface area contributed by atoms with Gasteiger partial charge in [0.1, 0.15) is 17.2 Å². The lowest BCUT2D eigenvalue weighted by Gasteiger charge is -2.06. The molecule has 0 radical (unpaired) electrons. The number of esters is 1. The van der Waals surface area contributed by atoms with E-state index in [0.717, 1.165) is 0 Å². The number of ether oxygens (including phenoxy) is 3. The Balaban J connectivity index is 0.000000260. The number of aliphatic carboxylic acids is 1. The van der Waals surface area contributed by atoms with Gasteiger partial charge in [-0.15, -0.1) is 0 Å². The molecular weight excluding hydrogens is 340 g/mol. The lowest BCUT2D eigenvalue weighted by molar-refractivity contribution is -0.147. The fourth-order valence-electron chi connectivity index (χ4n) is 1.80. The van der Waals surface area contributed by atoms with Gasteiger partial charge in [0.15, 0.2) is 6.10 Å². The Kier molecular flexibility index (Phi) is 8.66. The molecule has 0 amide bonds. The van der Waals surface area contributed by atoms with E-state index in [0.29, 0.717) is 29.2 Å². The fraction of sp³-hybridized carbons (Fsp3) is 0.263. The van der Waals surface area contributed by atoms with E-state index in [1.807, 2.05) is 0 Å². The molecule has 0 bridgehead atoms. The predicted molar refractivity (Wildman–Crippen MR) is 94.5 cm³/mol. The van der Waals surface area contributed by atoms with E-state index < -0.39 is 12.1 Å². The van der Waals surface area contributed by atoms with Gasteiger partial charge in [-0.2, -0.15) is 0 Å². The average molecular weight is 362 g/mol. The van der Waals surface area contributed by atoms with Crippen molar-refractivity contribution in [2.45, 2.75) is 19.4 Å². The van der Waals surface area contributed by atoms with E-state index in [1.54, 1.807) is 50.4 Å². The maximum Gasteiger partial charge on any atom is 0.337 e. The van der Waals surface area contributed by atoms with Crippen LogP contribution in [-0.4, -0.2) is 36.4 Å². The van der Waals surface area contributed by atoms with Gasteiger partial charge >= 0.3 is 11.9 Å². The van der Waals surface area contributed by atoms with Crippen molar-refractivity contribution in [2.75, 3.05) is 14.2 Å². The van der Waals surface area contributed by atoms with Crippen LogP contribution in [0.4, 0.5) is 0 Å². The van der Waals surface area contributed by atoms with E-state index in [1.165, 1.54) is 19.2 Å². The van der Waals surface area contributed by atoms with Crippen molar-refractivity contribution in [3.63, 3.8) is 0 Å². The number of methoxy groups -OCH3 is 2. The number of hydrogen-bond donors (Lipinski definition) is 2. The third kappa shape index (κ3) is 6.82. The van der Waals surface area contributed by atoms with Gasteiger partial charge in [-0.25, -0.2) is 4.79 Å². The van der Waals surface area contributed by atoms with E-state index in [2.05, 4.69) is 0 Å². The zero-order valence-corrected chi connectivity index (χ0v) is 14.8. The summed E-state index contributed by atoms with van der Waals surface area (Å²) in [7, 11) is 3.09. The lowest BCUT2D eigenvalue weighted by Crippen LogP contribution is -2.09. The number of carbonyl (C=O) groups is 2. The van der Waals surface area contributed by atoms with Gasteiger partial charge in [0, 0.05) is 12.5 Å². The number of carboxylic acid groups (broad SMARTS) is 1. The van der Waals surface area contributed by atoms with Crippen LogP contribution >= 0.6 is 0 Å². The lowest BCUT2D eigenvalue weighted by atomic mass is 10.1. The zero-order chi connectivity index (χ0) is 19.5. The number of carbonyl (C=O) groups excluding carboxylic acids is 1. The molecule has 0 aromatic heterocycles. The molecule has 7 heteroatoms. The smallest absolute Gasteiger partial charge is 0.337 e. The Labute approximate surface area is 151 Å². The predicted octanol–water partition coefficient (Wildman–Crippen LogP) is 2.82. The van der Waals surface area contributed by atoms with Gasteiger partial charge in [0.05, 0.1) is 14.2 Å². The van der Waals surface area contributed by atoms with Crippen molar-refractivity contribution >= 4 is 11.9 Å². The summed E-state index contributed by atoms with van der Waals surface area (Å²) in [4.78, 5) is 21.3. The van der Waals surface area contributed by atoms with Crippen LogP contribution in [0.2, 0.25) is 0 Å². The molecule has 2 rings (SSSR count). The van der Waals surface area contributed by atoms with Crippen LogP contribution < -0.4 is 14.2 Å². The Morgan fingerprint density at radius 1 is 0.962 bits per heavy atom. The summed E-state index contributed by atoms with van der Waals surface area (Å²) >= 11 is 0. The minimum absolute atomic E-state index is 0.242. The average Bonchev–Trinajstić information content (AvgIpc) is 2.67. The Hall–Kier alpha value is -3.06. The van der Waals surface area contributed by atoms with Crippen LogP contribution in [0.1, 0.15) is 25.0 Å². The van der Waals surface area contributed by atoms with Crippen molar-refractivity contribution in [3.05, 3.63) is 54.1 Å². The molecule has 0 aliphatic carbocycles. The van der Waals surface area contributed by atoms with Crippen LogP contribution in [0.3, 0.4) is 0 Å². The van der Waals surface area contributed by atoms with Crippen molar-refractivity contribution in [1.82, 2.24) is 0 Å². The molecule has 0 aliphatic rings. The fourth-order valence-corrected chi connectivity index (χ4v) is 1.80. The third-order valence-corrected chi connectivity index (χ3v) is 3.23. The monoisotopic (exact) mass is 362 g/mol. The van der Waals surface area contributed by atoms with Crippen LogP contribution in [0, 0.1) is 0 Å². The Morgan fingerprint density at radius 2 is 1.54 bits per heavy atom. The number of hydrogen-bond acceptors (Lipinski definition) is 6. The highest BCUT2D eigenvalue weighted by atomic mass is 16.5. The van der Waals surface area contributed by atoms with Crippen LogP contribution in [0.15, 0.2) is 48.5 Å². The molecule has 1 unspecified atom stereocenters. The van der Waals surface area contributed by atoms with Gasteiger partial charge in [-0.1, -0.05) is 25.1 Å². The van der Waals surface area contributed by atoms with Gasteiger partial charge in [0.25, 0.3) is 0 Å². The van der Waals surface area contributed by atoms with E-state index >= 15 is 0 Å². The molecule has 0 spiro atoms. The summed E-state index contributed by atoms with van der Waals surface area (Å²) in [5.74, 6) is 0.326. The van der Waals surface area contributed by atoms with Crippen LogP contribution in [0.25, 0.3) is 0 Å². The molecule has 26 heavy (non-hydrogen) atoms. The first-order chi connectivity index (χ1) is 12.4. The van der Waals surface area contributed by atoms with E-state index in [4.69, 9.17) is 24.4 Å². The maximum absolute atomic E-state index is 10.9. The Bertz CT molecular complexity index is 710. The summed E-state index contributed by atoms with van der Waals surface area (Å²) in [6.07, 6.45) is -1.09. The maximum atomic E-state index is 10.9. The molecule has 0 fully saturated rings. The molecule has 0 saturated heterocycles. The standard InChI is InChI=1S/C10H12O3.C9H10O4/c1-3-10(11)13-9-6-4-5-8(7-9)12-2;1-13-7-4-2-6(3-5-7)8(10)9(11)12/h4-7H,3H2,1-2H3;2-5,8,10H,1H3,(H,11,12). The first-order valence-electron chi connectivity index (χ1n) is 7.80. The van der Waals surface area contributed by atoms with Crippen molar-refractivity contribution in [1.29, 1.82) is 0 Å². The molecule has 0 aliphatic heterocycles. The second kappa shape index (κ2) is 10.7. The molecule has 0 heterocycles. The van der Waals surface area contributed by atoms with Gasteiger partial charge in [-0.05, 0) is 29.8 Å². The normalized spacial score (nSPS) is 10.8. The number of benzene rings is 2. The van der Waals surface area contributed by atoms with Crippen molar-refractivity contribution < 1.29 is 34.0 Å². The molecule has 1 atom stereocenters. The van der Waals surface area contributed by atoms with Crippen molar-refractivity contribution in [2.24, 2.45) is 0 Å². The van der Waals surface area contributed by atoms with Crippen molar-refractivity contribution in [3.8, 4) is 17.2 Å². The highest BCUT2D eigenvalue weighted by Gasteiger charge is 2.15. The minimum Gasteiger partial charge on any atom is -0.497 e. The topological polar surface area (TPSA) is 102 Å². The summed E-state index contributed by atoms with van der Waals surface area (Å²) in [6, 6.07) is 13.2. The van der Waals surface area contributed by atoms with Gasteiger partial charge in [-0.3, -0.25) is 4.79 Å². The molecule has 2 aromatic carbocycles. The minimum atomic E-state index is -1.47. The molecule has 7 nitrogen and oxygen atoms in total. The van der Waals surface area contributed by atoms with Crippen LogP contribution in [-0.2, 0) is 9.59 Å². The molecular formula is C19H22O7. The number of carboxylic acids is 1. The van der Waals surface area contributed by atoms with E-state index in [-0.39, 0.29) is 5.97 Å². The quantitative estimate of drug-likeness (QED) is 0.602. The summed E-state index contributed by atoms with van der Waals surface area (Å²) in [5, 5.41) is 17.6. The summed E-state index contributed by atoms with van der Waals surface area (Å²) in [5.41, 5.74) is 0.341. The molecule has 2 aromatic rings. The van der Waals surface area contributed by atoms with E-state index in [9.17, 15) is 9.59 Å². The molecule has 0 saturated carbocycles. The highest BCUT2D eigenvalue weighted by Crippen LogP contribution is 2.19. The van der Waals surface area contributed by atoms with Crippen LogP contribution in [0.5, 0.6) is 17.2 Å². The zero-order valence-electron chi connectivity index (χ0n) is 14.8.